The van der Waals surface area contributed by atoms with Gasteiger partial charge in [0, 0.05) is 17.8 Å². The van der Waals surface area contributed by atoms with Gasteiger partial charge in [-0.2, -0.15) is 0 Å². The van der Waals surface area contributed by atoms with Gasteiger partial charge in [-0.3, -0.25) is 10.2 Å². The molecule has 2 aliphatic heterocycles. The topological polar surface area (TPSA) is 44.4 Å². The summed E-state index contributed by atoms with van der Waals surface area (Å²) in [6.45, 7) is 4.30. The zero-order chi connectivity index (χ0) is 14.1. The second kappa shape index (κ2) is 5.54. The second-order valence-electron chi connectivity index (χ2n) is 5.95. The predicted octanol–water partition coefficient (Wildman–Crippen LogP) is 2.00. The fourth-order valence-corrected chi connectivity index (χ4v) is 3.39. The van der Waals surface area contributed by atoms with E-state index in [9.17, 15) is 4.79 Å². The third-order valence-electron chi connectivity index (χ3n) is 4.36. The SMILES string of the molecule is CCCC1CC(C(=O)N2c3ccccc3CC2C)NN1. The zero-order valence-electron chi connectivity index (χ0n) is 12.2. The fraction of sp³-hybridized carbons (Fsp3) is 0.562. The molecule has 1 aromatic rings. The maximum absolute atomic E-state index is 12.8. The molecule has 0 saturated carbocycles. The Hall–Kier alpha value is -1.39. The minimum Gasteiger partial charge on any atom is -0.308 e. The van der Waals surface area contributed by atoms with Crippen LogP contribution in [0, 0.1) is 0 Å². The maximum Gasteiger partial charge on any atom is 0.245 e. The highest BCUT2D eigenvalue weighted by Crippen LogP contribution is 2.32. The number of benzene rings is 1. The highest BCUT2D eigenvalue weighted by Gasteiger charge is 2.37. The van der Waals surface area contributed by atoms with Crippen LogP contribution in [0.25, 0.3) is 0 Å². The molecule has 1 aromatic carbocycles. The van der Waals surface area contributed by atoms with Crippen LogP contribution in [0.15, 0.2) is 24.3 Å². The Morgan fingerprint density at radius 3 is 2.95 bits per heavy atom. The molecule has 4 heteroatoms. The predicted molar refractivity (Wildman–Crippen MR) is 80.5 cm³/mol. The van der Waals surface area contributed by atoms with Gasteiger partial charge in [-0.05, 0) is 37.8 Å². The molecule has 2 heterocycles. The molecule has 20 heavy (non-hydrogen) atoms. The van der Waals surface area contributed by atoms with Crippen molar-refractivity contribution in [3.8, 4) is 0 Å². The van der Waals surface area contributed by atoms with Gasteiger partial charge >= 0.3 is 0 Å². The van der Waals surface area contributed by atoms with Gasteiger partial charge in [-0.25, -0.2) is 5.43 Å². The normalized spacial score (nSPS) is 28.7. The first-order valence-corrected chi connectivity index (χ1v) is 7.62. The van der Waals surface area contributed by atoms with E-state index in [-0.39, 0.29) is 18.0 Å². The van der Waals surface area contributed by atoms with Crippen molar-refractivity contribution in [2.24, 2.45) is 0 Å². The Morgan fingerprint density at radius 2 is 2.15 bits per heavy atom. The maximum atomic E-state index is 12.8. The van der Waals surface area contributed by atoms with Gasteiger partial charge in [0.15, 0.2) is 0 Å². The second-order valence-corrected chi connectivity index (χ2v) is 5.95. The lowest BCUT2D eigenvalue weighted by Gasteiger charge is -2.25. The van der Waals surface area contributed by atoms with Crippen molar-refractivity contribution in [1.29, 1.82) is 0 Å². The first-order valence-electron chi connectivity index (χ1n) is 7.62. The van der Waals surface area contributed by atoms with Crippen molar-refractivity contribution in [3.05, 3.63) is 29.8 Å². The third-order valence-corrected chi connectivity index (χ3v) is 4.36. The smallest absolute Gasteiger partial charge is 0.245 e. The number of nitrogens with zero attached hydrogens (tertiary/aromatic N) is 1. The molecule has 0 radical (unpaired) electrons. The number of nitrogens with one attached hydrogen (secondary N) is 2. The van der Waals surface area contributed by atoms with E-state index in [4.69, 9.17) is 0 Å². The number of anilines is 1. The Morgan fingerprint density at radius 1 is 1.35 bits per heavy atom. The highest BCUT2D eigenvalue weighted by atomic mass is 16.2. The van der Waals surface area contributed by atoms with Gasteiger partial charge in [-0.1, -0.05) is 31.5 Å². The molecule has 0 bridgehead atoms. The molecule has 3 rings (SSSR count). The monoisotopic (exact) mass is 273 g/mol. The van der Waals surface area contributed by atoms with E-state index in [1.165, 1.54) is 5.56 Å². The Kier molecular flexibility index (Phi) is 3.76. The summed E-state index contributed by atoms with van der Waals surface area (Å²) in [7, 11) is 0. The van der Waals surface area contributed by atoms with Crippen LogP contribution in [0.3, 0.4) is 0 Å². The lowest BCUT2D eigenvalue weighted by atomic mass is 10.0. The summed E-state index contributed by atoms with van der Waals surface area (Å²) in [6, 6.07) is 8.82. The van der Waals surface area contributed by atoms with Crippen molar-refractivity contribution in [3.63, 3.8) is 0 Å². The first kappa shape index (κ1) is 13.6. The van der Waals surface area contributed by atoms with E-state index >= 15 is 0 Å². The number of hydrazine groups is 1. The van der Waals surface area contributed by atoms with Crippen molar-refractivity contribution in [2.45, 2.75) is 57.7 Å². The Labute approximate surface area is 120 Å². The Balaban J connectivity index is 1.75. The van der Waals surface area contributed by atoms with E-state index in [1.807, 2.05) is 17.0 Å². The Bertz CT molecular complexity index is 502. The number of fused-ring (bicyclic) bond motifs is 1. The van der Waals surface area contributed by atoms with E-state index in [1.54, 1.807) is 0 Å². The summed E-state index contributed by atoms with van der Waals surface area (Å²) in [5.74, 6) is 0.202. The van der Waals surface area contributed by atoms with E-state index in [2.05, 4.69) is 36.8 Å². The van der Waals surface area contributed by atoms with Gasteiger partial charge in [0.2, 0.25) is 5.91 Å². The zero-order valence-corrected chi connectivity index (χ0v) is 12.2. The van der Waals surface area contributed by atoms with Gasteiger partial charge in [0.25, 0.3) is 0 Å². The minimum atomic E-state index is -0.0971. The van der Waals surface area contributed by atoms with Crippen LogP contribution >= 0.6 is 0 Å². The molecule has 108 valence electrons. The standard InChI is InChI=1S/C16H23N3O/c1-3-6-13-10-14(18-17-13)16(20)19-11(2)9-12-7-4-5-8-15(12)19/h4-5,7-8,11,13-14,17-18H,3,6,9-10H2,1-2H3. The molecular formula is C16H23N3O. The average molecular weight is 273 g/mol. The fourth-order valence-electron chi connectivity index (χ4n) is 3.39. The van der Waals surface area contributed by atoms with Gasteiger partial charge in [-0.15, -0.1) is 0 Å². The van der Waals surface area contributed by atoms with Crippen molar-refractivity contribution >= 4 is 11.6 Å². The highest BCUT2D eigenvalue weighted by molar-refractivity contribution is 5.99. The molecule has 3 atom stereocenters. The van der Waals surface area contributed by atoms with Gasteiger partial charge in [0.05, 0.1) is 0 Å². The third kappa shape index (κ3) is 2.34. The van der Waals surface area contributed by atoms with Crippen LogP contribution in [0.1, 0.15) is 38.7 Å². The number of rotatable bonds is 3. The average Bonchev–Trinajstić information content (AvgIpc) is 3.02. The van der Waals surface area contributed by atoms with E-state index < -0.39 is 0 Å². The van der Waals surface area contributed by atoms with Crippen LogP contribution in [0.4, 0.5) is 5.69 Å². The molecular weight excluding hydrogens is 250 g/mol. The van der Waals surface area contributed by atoms with E-state index in [0.29, 0.717) is 6.04 Å². The van der Waals surface area contributed by atoms with E-state index in [0.717, 1.165) is 31.4 Å². The van der Waals surface area contributed by atoms with Crippen molar-refractivity contribution in [2.75, 3.05) is 4.90 Å². The first-order chi connectivity index (χ1) is 9.70. The number of para-hydroxylation sites is 1. The van der Waals surface area contributed by atoms with Crippen molar-refractivity contribution in [1.82, 2.24) is 10.9 Å². The number of carbonyl (C=O) groups excluding carboxylic acids is 1. The number of hydrogen-bond donors (Lipinski definition) is 2. The van der Waals surface area contributed by atoms with Gasteiger partial charge < -0.3 is 4.90 Å². The van der Waals surface area contributed by atoms with Crippen molar-refractivity contribution < 1.29 is 4.79 Å². The largest absolute Gasteiger partial charge is 0.308 e. The molecule has 2 aliphatic rings. The number of carbonyl (C=O) groups is 1. The van der Waals surface area contributed by atoms with Crippen LogP contribution in [0.2, 0.25) is 0 Å². The van der Waals surface area contributed by atoms with Crippen LogP contribution in [-0.2, 0) is 11.2 Å². The lowest BCUT2D eigenvalue weighted by molar-refractivity contribution is -0.120. The molecule has 0 aliphatic carbocycles. The summed E-state index contributed by atoms with van der Waals surface area (Å²) >= 11 is 0. The quantitative estimate of drug-likeness (QED) is 0.885. The summed E-state index contributed by atoms with van der Waals surface area (Å²) in [5.41, 5.74) is 8.80. The molecule has 2 N–H and O–H groups in total. The lowest BCUT2D eigenvalue weighted by Crippen LogP contribution is -2.48. The van der Waals surface area contributed by atoms with Gasteiger partial charge in [0.1, 0.15) is 6.04 Å². The van der Waals surface area contributed by atoms with Crippen LogP contribution in [-0.4, -0.2) is 24.0 Å². The molecule has 4 nitrogen and oxygen atoms in total. The molecule has 3 unspecified atom stereocenters. The molecule has 1 amide bonds. The number of amides is 1. The molecule has 1 fully saturated rings. The molecule has 1 saturated heterocycles. The summed E-state index contributed by atoms with van der Waals surface area (Å²) in [6.07, 6.45) is 4.10. The van der Waals surface area contributed by atoms with Crippen LogP contribution in [0.5, 0.6) is 0 Å². The summed E-state index contributed by atoms with van der Waals surface area (Å²) in [4.78, 5) is 14.8. The molecule has 0 aromatic heterocycles. The minimum absolute atomic E-state index is 0.0971. The van der Waals surface area contributed by atoms with Crippen LogP contribution < -0.4 is 15.8 Å². The summed E-state index contributed by atoms with van der Waals surface area (Å²) < 4.78 is 0. The summed E-state index contributed by atoms with van der Waals surface area (Å²) in [5, 5.41) is 0. The number of hydrogen-bond acceptors (Lipinski definition) is 3. The molecule has 0 spiro atoms.